The number of nitrogens with one attached hydrogen (secondary N) is 4. The van der Waals surface area contributed by atoms with Gasteiger partial charge in [-0.25, -0.2) is 14.6 Å². The number of hydrogen-bond acceptors (Lipinski definition) is 10. The van der Waals surface area contributed by atoms with Crippen LogP contribution in [0.25, 0.3) is 22.6 Å². The zero-order valence-electron chi connectivity index (χ0n) is 31.9. The monoisotopic (exact) mass is 765 g/mol. The van der Waals surface area contributed by atoms with E-state index in [9.17, 15) is 24.0 Å². The quantitative estimate of drug-likeness (QED) is 0.0622. The Labute approximate surface area is 324 Å². The Morgan fingerprint density at radius 2 is 1.54 bits per heavy atom. The molecule has 3 aromatic rings. The van der Waals surface area contributed by atoms with Gasteiger partial charge in [-0.3, -0.25) is 14.4 Å². The van der Waals surface area contributed by atoms with E-state index in [1.807, 2.05) is 30.3 Å². The number of ether oxygens (including phenoxy) is 3. The summed E-state index contributed by atoms with van der Waals surface area (Å²) >= 11 is 0. The van der Waals surface area contributed by atoms with Crippen LogP contribution in [0, 0.1) is 0 Å². The second-order valence-corrected chi connectivity index (χ2v) is 14.1. The van der Waals surface area contributed by atoms with Crippen LogP contribution in [0.4, 0.5) is 15.3 Å². The van der Waals surface area contributed by atoms with Gasteiger partial charge in [-0.15, -0.1) is 0 Å². The van der Waals surface area contributed by atoms with Crippen molar-refractivity contribution in [1.82, 2.24) is 20.9 Å². The van der Waals surface area contributed by atoms with Gasteiger partial charge in [-0.1, -0.05) is 49.4 Å². The zero-order valence-corrected chi connectivity index (χ0v) is 31.9. The van der Waals surface area contributed by atoms with Crippen LogP contribution in [0.2, 0.25) is 0 Å². The number of hydrogen-bond donors (Lipinski definition) is 4. The Hall–Kier alpha value is -6.44. The Balaban J connectivity index is 1.17. The molecule has 3 aromatic carbocycles. The van der Waals surface area contributed by atoms with Gasteiger partial charge in [0.05, 0.1) is 0 Å². The van der Waals surface area contributed by atoms with Crippen molar-refractivity contribution in [1.29, 1.82) is 0 Å². The van der Waals surface area contributed by atoms with Crippen molar-refractivity contribution in [3.8, 4) is 17.2 Å². The summed E-state index contributed by atoms with van der Waals surface area (Å²) < 4.78 is 22.4. The first-order chi connectivity index (χ1) is 26.8. The molecule has 5 rings (SSSR count). The minimum Gasteiger partial charge on any atom is -0.489 e. The van der Waals surface area contributed by atoms with Gasteiger partial charge in [-0.2, -0.15) is 0 Å². The van der Waals surface area contributed by atoms with Crippen molar-refractivity contribution in [3.05, 3.63) is 112 Å². The molecule has 1 aliphatic heterocycles. The van der Waals surface area contributed by atoms with Crippen molar-refractivity contribution >= 4 is 40.8 Å². The van der Waals surface area contributed by atoms with E-state index in [1.54, 1.807) is 76.2 Å². The third-order valence-corrected chi connectivity index (χ3v) is 8.40. The first-order valence-electron chi connectivity index (χ1n) is 18.5. The fourth-order valence-electron chi connectivity index (χ4n) is 5.53. The number of anilines is 1. The number of nitrogens with zero attached hydrogens (tertiary/aromatic N) is 1. The standard InChI is InChI=1S/C42H47N5O9/c1-5-32(47-41(52)54-26-27-11-7-6-8-12-27)38(49)46-35(13-9-10-22-43-40(51)56-42(2,3)4)39(50)44-29-16-14-28(15-17-29)25-53-31-19-21-34-37(24-31)55-36-23-30(48)18-20-33(36)45-34/h6-8,11-12,14-21,23-24,32,35H,5,9-10,13,22,25-26H2,1-4H3,(H,43,51)(H,44,50)(H,46,49)(H,47,52)/t32?,35-/m0/s1. The van der Waals surface area contributed by atoms with Crippen molar-refractivity contribution in [2.75, 3.05) is 11.9 Å². The molecule has 0 saturated heterocycles. The van der Waals surface area contributed by atoms with Crippen molar-refractivity contribution in [2.45, 2.75) is 84.3 Å². The number of alkyl carbamates (subject to hydrolysis) is 2. The first kappa shape index (κ1) is 40.7. The minimum absolute atomic E-state index is 0.0397. The fourth-order valence-corrected chi connectivity index (χ4v) is 5.53. The SMILES string of the molecule is CCC(NC(=O)OCc1ccccc1)C(=O)N[C@@H](CCCCNC(=O)OC(C)(C)C)C(=O)Nc1ccc(COc2ccc3nc4ccc(=O)cc-4oc3c2)cc1. The molecule has 1 aliphatic carbocycles. The number of amides is 4. The van der Waals surface area contributed by atoms with Crippen LogP contribution in [0.1, 0.15) is 64.5 Å². The molecule has 0 fully saturated rings. The largest absolute Gasteiger partial charge is 0.489 e. The van der Waals surface area contributed by atoms with E-state index < -0.39 is 41.7 Å². The Morgan fingerprint density at radius 3 is 2.27 bits per heavy atom. The lowest BCUT2D eigenvalue weighted by Crippen LogP contribution is -2.52. The second kappa shape index (κ2) is 19.2. The number of carbonyl (C=O) groups excluding carboxylic acids is 4. The Bertz CT molecular complexity index is 2130. The number of fused-ring (bicyclic) bond motifs is 2. The lowest BCUT2D eigenvalue weighted by atomic mass is 10.1. The van der Waals surface area contributed by atoms with Crippen molar-refractivity contribution < 1.29 is 37.8 Å². The van der Waals surface area contributed by atoms with Crippen LogP contribution >= 0.6 is 0 Å². The zero-order chi connectivity index (χ0) is 40.1. The number of aromatic nitrogens is 1. The lowest BCUT2D eigenvalue weighted by molar-refractivity contribution is -0.128. The summed E-state index contributed by atoms with van der Waals surface area (Å²) in [6.07, 6.45) is 0.234. The summed E-state index contributed by atoms with van der Waals surface area (Å²) in [4.78, 5) is 67.8. The molecule has 0 radical (unpaired) electrons. The molecule has 2 atom stereocenters. The summed E-state index contributed by atoms with van der Waals surface area (Å²) in [7, 11) is 0. The molecule has 0 saturated carbocycles. The van der Waals surface area contributed by atoms with Gasteiger partial charge in [-0.05, 0) is 94.0 Å². The molecule has 4 amide bonds. The maximum absolute atomic E-state index is 13.6. The average molecular weight is 766 g/mol. The molecule has 0 bridgehead atoms. The van der Waals surface area contributed by atoms with Crippen LogP contribution in [0.15, 0.2) is 100 Å². The van der Waals surface area contributed by atoms with Crippen molar-refractivity contribution in [2.24, 2.45) is 0 Å². The molecular weight excluding hydrogens is 718 g/mol. The lowest BCUT2D eigenvalue weighted by Gasteiger charge is -2.23. The molecule has 1 heterocycles. The highest BCUT2D eigenvalue weighted by Crippen LogP contribution is 2.27. The number of benzene rings is 4. The summed E-state index contributed by atoms with van der Waals surface area (Å²) in [5.41, 5.74) is 3.00. The van der Waals surface area contributed by atoms with Gasteiger partial charge in [0.15, 0.2) is 16.8 Å². The minimum atomic E-state index is -0.951. The van der Waals surface area contributed by atoms with E-state index in [2.05, 4.69) is 26.3 Å². The highest BCUT2D eigenvalue weighted by atomic mass is 16.6. The maximum atomic E-state index is 13.6. The molecule has 0 spiro atoms. The van der Waals surface area contributed by atoms with E-state index in [4.69, 9.17) is 18.6 Å². The normalized spacial score (nSPS) is 12.3. The van der Waals surface area contributed by atoms with Crippen LogP contribution in [0.3, 0.4) is 0 Å². The smallest absolute Gasteiger partial charge is 0.408 e. The van der Waals surface area contributed by atoms with Gasteiger partial charge in [0.1, 0.15) is 47.9 Å². The van der Waals surface area contributed by atoms with Gasteiger partial charge in [0.2, 0.25) is 11.8 Å². The van der Waals surface area contributed by atoms with Gasteiger partial charge in [0, 0.05) is 24.4 Å². The third kappa shape index (κ3) is 12.6. The van der Waals surface area contributed by atoms with E-state index >= 15 is 0 Å². The van der Waals surface area contributed by atoms with Crippen LogP contribution < -0.4 is 31.4 Å². The van der Waals surface area contributed by atoms with Gasteiger partial charge < -0.3 is 39.9 Å². The predicted molar refractivity (Wildman–Crippen MR) is 210 cm³/mol. The average Bonchev–Trinajstić information content (AvgIpc) is 3.17. The van der Waals surface area contributed by atoms with Gasteiger partial charge >= 0.3 is 12.2 Å². The van der Waals surface area contributed by atoms with Crippen LogP contribution in [-0.4, -0.2) is 53.2 Å². The summed E-state index contributed by atoms with van der Waals surface area (Å²) in [5.74, 6) is -0.0569. The molecule has 56 heavy (non-hydrogen) atoms. The molecular formula is C42H47N5O9. The van der Waals surface area contributed by atoms with E-state index in [0.29, 0.717) is 53.4 Å². The molecule has 2 aliphatic rings. The fraction of sp³-hybridized carbons (Fsp3) is 0.333. The van der Waals surface area contributed by atoms with Crippen LogP contribution in [0.5, 0.6) is 5.75 Å². The molecule has 14 nitrogen and oxygen atoms in total. The molecule has 14 heteroatoms. The topological polar surface area (TPSA) is 187 Å². The summed E-state index contributed by atoms with van der Waals surface area (Å²) in [6.45, 7) is 7.64. The third-order valence-electron chi connectivity index (χ3n) is 8.40. The second-order valence-electron chi connectivity index (χ2n) is 14.1. The van der Waals surface area contributed by atoms with Crippen LogP contribution in [-0.2, 0) is 32.3 Å². The molecule has 294 valence electrons. The highest BCUT2D eigenvalue weighted by Gasteiger charge is 2.26. The molecule has 1 unspecified atom stereocenters. The number of unbranched alkanes of at least 4 members (excludes halogenated alkanes) is 1. The number of rotatable bonds is 16. The van der Waals surface area contributed by atoms with Crippen molar-refractivity contribution in [3.63, 3.8) is 0 Å². The Kier molecular flexibility index (Phi) is 14.0. The van der Waals surface area contributed by atoms with E-state index in [0.717, 1.165) is 11.1 Å². The van der Waals surface area contributed by atoms with E-state index in [-0.39, 0.29) is 31.5 Å². The first-order valence-corrected chi connectivity index (χ1v) is 18.5. The summed E-state index contributed by atoms with van der Waals surface area (Å²) in [5, 5.41) is 10.9. The number of carbonyl (C=O) groups is 4. The van der Waals surface area contributed by atoms with E-state index in [1.165, 1.54) is 12.1 Å². The molecule has 4 N–H and O–H groups in total. The summed E-state index contributed by atoms with van der Waals surface area (Å²) in [6, 6.07) is 24.1. The molecule has 0 aromatic heterocycles. The van der Waals surface area contributed by atoms with Gasteiger partial charge in [0.25, 0.3) is 0 Å². The maximum Gasteiger partial charge on any atom is 0.408 e. The predicted octanol–water partition coefficient (Wildman–Crippen LogP) is 6.70. The highest BCUT2D eigenvalue weighted by molar-refractivity contribution is 5.98. The Morgan fingerprint density at radius 1 is 0.786 bits per heavy atom.